The topological polar surface area (TPSA) is 38.1 Å². The van der Waals surface area contributed by atoms with E-state index in [1.54, 1.807) is 6.20 Å². The molecule has 20 heavy (non-hydrogen) atoms. The molecule has 0 atom stereocenters. The fourth-order valence-corrected chi connectivity index (χ4v) is 2.95. The highest BCUT2D eigenvalue weighted by atomic mass is 79.9. The molecule has 0 saturated carbocycles. The molecular formula is C14H9Br3N2O. The fourth-order valence-electron chi connectivity index (χ4n) is 1.94. The molecule has 0 radical (unpaired) electrons. The van der Waals surface area contributed by atoms with Gasteiger partial charge >= 0.3 is 0 Å². The molecule has 102 valence electrons. The number of hydrogen-bond acceptors (Lipinski definition) is 3. The summed E-state index contributed by atoms with van der Waals surface area (Å²) < 4.78 is 8.13. The maximum atomic E-state index is 5.55. The lowest BCUT2D eigenvalue weighted by atomic mass is 10.2. The third-order valence-electron chi connectivity index (χ3n) is 2.83. The highest BCUT2D eigenvalue weighted by Gasteiger charge is 2.07. The largest absolute Gasteiger partial charge is 0.451 e. The zero-order valence-electron chi connectivity index (χ0n) is 10.2. The van der Waals surface area contributed by atoms with Crippen molar-refractivity contribution in [2.24, 2.45) is 0 Å². The summed E-state index contributed by atoms with van der Waals surface area (Å²) in [5, 5.41) is 4.44. The molecule has 0 fully saturated rings. The van der Waals surface area contributed by atoms with Crippen LogP contribution in [0.2, 0.25) is 0 Å². The van der Waals surface area contributed by atoms with Gasteiger partial charge in [-0.25, -0.2) is 0 Å². The molecule has 0 saturated heterocycles. The summed E-state index contributed by atoms with van der Waals surface area (Å²) in [5.41, 5.74) is 1.93. The van der Waals surface area contributed by atoms with Crippen molar-refractivity contribution >= 4 is 64.4 Å². The molecule has 2 heterocycles. The number of pyridine rings is 1. The molecule has 0 bridgehead atoms. The normalized spacial score (nSPS) is 10.9. The van der Waals surface area contributed by atoms with Gasteiger partial charge in [0.05, 0.1) is 22.2 Å². The average Bonchev–Trinajstić information content (AvgIpc) is 2.75. The van der Waals surface area contributed by atoms with Crippen LogP contribution in [0.15, 0.2) is 54.6 Å². The van der Waals surface area contributed by atoms with Crippen LogP contribution in [-0.2, 0) is 6.54 Å². The van der Waals surface area contributed by atoms with E-state index in [1.807, 2.05) is 30.3 Å². The van der Waals surface area contributed by atoms with Gasteiger partial charge in [0.1, 0.15) is 5.76 Å². The van der Waals surface area contributed by atoms with Crippen molar-refractivity contribution in [1.29, 1.82) is 0 Å². The predicted octanol–water partition coefficient (Wildman–Crippen LogP) is 5.73. The standard InChI is InChI=1S/C14H9Br3N2O/c15-9-4-8-2-1-3-12(13(8)19-6-9)18-7-10-5-11(16)14(17)20-10/h1-6,18H,7H2. The number of para-hydroxylation sites is 1. The Kier molecular flexibility index (Phi) is 4.14. The van der Waals surface area contributed by atoms with Gasteiger partial charge in [0.2, 0.25) is 0 Å². The van der Waals surface area contributed by atoms with Crippen LogP contribution < -0.4 is 5.32 Å². The first-order valence-electron chi connectivity index (χ1n) is 5.85. The molecule has 1 N–H and O–H groups in total. The molecule has 2 aromatic heterocycles. The van der Waals surface area contributed by atoms with E-state index in [0.29, 0.717) is 11.2 Å². The number of nitrogens with one attached hydrogen (secondary N) is 1. The zero-order chi connectivity index (χ0) is 14.1. The number of nitrogens with zero attached hydrogens (tertiary/aromatic N) is 1. The van der Waals surface area contributed by atoms with Crippen molar-refractivity contribution in [1.82, 2.24) is 4.98 Å². The number of fused-ring (bicyclic) bond motifs is 1. The second-order valence-corrected chi connectivity index (χ2v) is 6.71. The first-order valence-corrected chi connectivity index (χ1v) is 8.23. The van der Waals surface area contributed by atoms with Crippen LogP contribution in [-0.4, -0.2) is 4.98 Å². The van der Waals surface area contributed by atoms with Gasteiger partial charge < -0.3 is 9.73 Å². The SMILES string of the molecule is Brc1cnc2c(NCc3cc(Br)c(Br)o3)cccc2c1. The second kappa shape index (κ2) is 5.87. The fraction of sp³-hybridized carbons (Fsp3) is 0.0714. The lowest BCUT2D eigenvalue weighted by molar-refractivity contribution is 0.494. The summed E-state index contributed by atoms with van der Waals surface area (Å²) in [6.07, 6.45) is 1.80. The highest BCUT2D eigenvalue weighted by Crippen LogP contribution is 2.28. The Hall–Kier alpha value is -0.850. The Labute approximate surface area is 141 Å². The quantitative estimate of drug-likeness (QED) is 0.542. The third kappa shape index (κ3) is 2.92. The Morgan fingerprint density at radius 2 is 2.00 bits per heavy atom. The molecule has 3 aromatic rings. The Bertz CT molecular complexity index is 751. The first kappa shape index (κ1) is 14.1. The third-order valence-corrected chi connectivity index (χ3v) is 4.97. The number of furan rings is 1. The number of benzene rings is 1. The van der Waals surface area contributed by atoms with Crippen LogP contribution >= 0.6 is 47.8 Å². The monoisotopic (exact) mass is 458 g/mol. The van der Waals surface area contributed by atoms with E-state index in [1.165, 1.54) is 0 Å². The smallest absolute Gasteiger partial charge is 0.183 e. The van der Waals surface area contributed by atoms with E-state index in [4.69, 9.17) is 4.42 Å². The number of rotatable bonds is 3. The maximum Gasteiger partial charge on any atom is 0.183 e. The molecular weight excluding hydrogens is 452 g/mol. The number of aromatic nitrogens is 1. The molecule has 3 rings (SSSR count). The van der Waals surface area contributed by atoms with Crippen molar-refractivity contribution < 1.29 is 4.42 Å². The van der Waals surface area contributed by atoms with E-state index in [-0.39, 0.29) is 0 Å². The minimum atomic E-state index is 0.598. The zero-order valence-corrected chi connectivity index (χ0v) is 14.9. The lowest BCUT2D eigenvalue weighted by Gasteiger charge is -2.07. The molecule has 0 aliphatic heterocycles. The Morgan fingerprint density at radius 3 is 2.75 bits per heavy atom. The molecule has 0 aliphatic carbocycles. The molecule has 1 aromatic carbocycles. The summed E-state index contributed by atoms with van der Waals surface area (Å²) in [4.78, 5) is 4.46. The van der Waals surface area contributed by atoms with Crippen LogP contribution in [0, 0.1) is 0 Å². The summed E-state index contributed by atoms with van der Waals surface area (Å²) >= 11 is 10.2. The minimum absolute atomic E-state index is 0.598. The van der Waals surface area contributed by atoms with Gasteiger partial charge in [-0.3, -0.25) is 4.98 Å². The second-order valence-electron chi connectivity index (χ2n) is 4.22. The van der Waals surface area contributed by atoms with E-state index < -0.39 is 0 Å². The van der Waals surface area contributed by atoms with Gasteiger partial charge in [-0.05, 0) is 66.0 Å². The van der Waals surface area contributed by atoms with E-state index >= 15 is 0 Å². The van der Waals surface area contributed by atoms with Crippen molar-refractivity contribution in [3.63, 3.8) is 0 Å². The van der Waals surface area contributed by atoms with Gasteiger partial charge in [-0.2, -0.15) is 0 Å². The molecule has 6 heteroatoms. The Morgan fingerprint density at radius 1 is 1.15 bits per heavy atom. The predicted molar refractivity (Wildman–Crippen MR) is 90.9 cm³/mol. The molecule has 3 nitrogen and oxygen atoms in total. The number of anilines is 1. The number of halogens is 3. The van der Waals surface area contributed by atoms with E-state index in [2.05, 4.69) is 58.1 Å². The van der Waals surface area contributed by atoms with Gasteiger partial charge in [-0.1, -0.05) is 12.1 Å². The van der Waals surface area contributed by atoms with Crippen molar-refractivity contribution in [3.8, 4) is 0 Å². The minimum Gasteiger partial charge on any atom is -0.451 e. The van der Waals surface area contributed by atoms with Crippen LogP contribution in [0.5, 0.6) is 0 Å². The maximum absolute atomic E-state index is 5.55. The first-order chi connectivity index (χ1) is 9.63. The van der Waals surface area contributed by atoms with Gasteiger partial charge in [-0.15, -0.1) is 0 Å². The summed E-state index contributed by atoms with van der Waals surface area (Å²) in [6, 6.07) is 10.0. The van der Waals surface area contributed by atoms with E-state index in [0.717, 1.165) is 31.3 Å². The van der Waals surface area contributed by atoms with Crippen molar-refractivity contribution in [3.05, 3.63) is 55.9 Å². The molecule has 0 amide bonds. The summed E-state index contributed by atoms with van der Waals surface area (Å²) in [6.45, 7) is 0.598. The Balaban J connectivity index is 1.87. The van der Waals surface area contributed by atoms with Crippen LogP contribution in [0.1, 0.15) is 5.76 Å². The lowest BCUT2D eigenvalue weighted by Crippen LogP contribution is -1.99. The number of hydrogen-bond donors (Lipinski definition) is 1. The van der Waals surface area contributed by atoms with Gasteiger partial charge in [0, 0.05) is 16.1 Å². The van der Waals surface area contributed by atoms with Crippen LogP contribution in [0.4, 0.5) is 5.69 Å². The van der Waals surface area contributed by atoms with Crippen molar-refractivity contribution in [2.75, 3.05) is 5.32 Å². The molecule has 0 unspecified atom stereocenters. The van der Waals surface area contributed by atoms with Gasteiger partial charge in [0.15, 0.2) is 4.67 Å². The van der Waals surface area contributed by atoms with Gasteiger partial charge in [0.25, 0.3) is 0 Å². The summed E-state index contributed by atoms with van der Waals surface area (Å²) in [7, 11) is 0. The van der Waals surface area contributed by atoms with Crippen molar-refractivity contribution in [2.45, 2.75) is 6.54 Å². The highest BCUT2D eigenvalue weighted by molar-refractivity contribution is 9.13. The van der Waals surface area contributed by atoms with Crippen LogP contribution in [0.25, 0.3) is 10.9 Å². The molecule has 0 spiro atoms. The van der Waals surface area contributed by atoms with Crippen LogP contribution in [0.3, 0.4) is 0 Å². The summed E-state index contributed by atoms with van der Waals surface area (Å²) in [5.74, 6) is 0.845. The molecule has 0 aliphatic rings. The van der Waals surface area contributed by atoms with E-state index in [9.17, 15) is 0 Å². The average molecular weight is 461 g/mol.